The highest BCUT2D eigenvalue weighted by atomic mass is 35.5. The van der Waals surface area contributed by atoms with Crippen LogP contribution in [0.1, 0.15) is 17.3 Å². The van der Waals surface area contributed by atoms with Gasteiger partial charge in [0.05, 0.1) is 11.3 Å². The Morgan fingerprint density at radius 3 is 2.81 bits per heavy atom. The summed E-state index contributed by atoms with van der Waals surface area (Å²) in [6.45, 7) is 2.54. The molecule has 0 saturated heterocycles. The molecular formula is C10H11ClN4O. The van der Waals surface area contributed by atoms with Crippen LogP contribution in [-0.2, 0) is 13.6 Å². The summed E-state index contributed by atoms with van der Waals surface area (Å²) in [6, 6.07) is 1.80. The van der Waals surface area contributed by atoms with E-state index in [1.807, 2.05) is 6.92 Å². The predicted molar refractivity (Wildman–Crippen MR) is 60.5 cm³/mol. The smallest absolute Gasteiger partial charge is 0.155 e. The van der Waals surface area contributed by atoms with Crippen LogP contribution in [0.5, 0.6) is 0 Å². The van der Waals surface area contributed by atoms with Crippen LogP contribution < -0.4 is 0 Å². The van der Waals surface area contributed by atoms with E-state index >= 15 is 0 Å². The van der Waals surface area contributed by atoms with Crippen molar-refractivity contribution < 1.29 is 4.79 Å². The number of hydrogen-bond acceptors (Lipinski definition) is 3. The lowest BCUT2D eigenvalue weighted by atomic mass is 10.2. The Balaban J connectivity index is 2.65. The summed E-state index contributed by atoms with van der Waals surface area (Å²) < 4.78 is 3.25. The van der Waals surface area contributed by atoms with Crippen LogP contribution in [0, 0.1) is 0 Å². The van der Waals surface area contributed by atoms with Gasteiger partial charge in [0.1, 0.15) is 10.8 Å². The van der Waals surface area contributed by atoms with Crippen LogP contribution in [-0.4, -0.2) is 25.8 Å². The van der Waals surface area contributed by atoms with Gasteiger partial charge in [-0.2, -0.15) is 10.2 Å². The van der Waals surface area contributed by atoms with Crippen LogP contribution in [0.15, 0.2) is 12.3 Å². The highest BCUT2D eigenvalue weighted by Gasteiger charge is 2.18. The third kappa shape index (κ3) is 1.53. The normalized spacial score (nSPS) is 10.7. The highest BCUT2D eigenvalue weighted by molar-refractivity contribution is 6.32. The molecule has 0 spiro atoms. The third-order valence-electron chi connectivity index (χ3n) is 2.41. The molecule has 0 aliphatic rings. The van der Waals surface area contributed by atoms with E-state index in [1.165, 1.54) is 0 Å². The van der Waals surface area contributed by atoms with Gasteiger partial charge >= 0.3 is 0 Å². The Morgan fingerprint density at radius 2 is 2.31 bits per heavy atom. The van der Waals surface area contributed by atoms with Gasteiger partial charge in [0, 0.05) is 19.8 Å². The molecule has 6 heteroatoms. The Hall–Kier alpha value is -1.62. The van der Waals surface area contributed by atoms with Gasteiger partial charge in [0.25, 0.3) is 0 Å². The van der Waals surface area contributed by atoms with Gasteiger partial charge < -0.3 is 0 Å². The number of aryl methyl sites for hydroxylation is 2. The van der Waals surface area contributed by atoms with Crippen LogP contribution >= 0.6 is 11.6 Å². The van der Waals surface area contributed by atoms with Crippen molar-refractivity contribution in [3.8, 4) is 11.4 Å². The van der Waals surface area contributed by atoms with Crippen molar-refractivity contribution in [2.24, 2.45) is 7.05 Å². The van der Waals surface area contributed by atoms with Gasteiger partial charge in [-0.05, 0) is 13.0 Å². The molecule has 2 aromatic heterocycles. The van der Waals surface area contributed by atoms with Crippen LogP contribution in [0.4, 0.5) is 0 Å². The van der Waals surface area contributed by atoms with E-state index in [9.17, 15) is 4.79 Å². The lowest BCUT2D eigenvalue weighted by Crippen LogP contribution is -1.98. The summed E-state index contributed by atoms with van der Waals surface area (Å²) in [5.74, 6) is 0. The van der Waals surface area contributed by atoms with Crippen molar-refractivity contribution in [1.82, 2.24) is 19.6 Å². The molecule has 0 radical (unpaired) electrons. The molecule has 0 bridgehead atoms. The van der Waals surface area contributed by atoms with E-state index in [-0.39, 0.29) is 0 Å². The summed E-state index contributed by atoms with van der Waals surface area (Å²) >= 11 is 6.04. The standard InChI is InChI=1S/C10H11ClN4O/c1-3-15-10(11)7(6-16)9(13-15)8-4-5-12-14(8)2/h4-6H,3H2,1-2H3. The third-order valence-corrected chi connectivity index (χ3v) is 2.80. The van der Waals surface area contributed by atoms with Crippen molar-refractivity contribution in [3.05, 3.63) is 23.0 Å². The first kappa shape index (κ1) is 10.9. The molecule has 0 N–H and O–H groups in total. The quantitative estimate of drug-likeness (QED) is 0.766. The predicted octanol–water partition coefficient (Wildman–Crippen LogP) is 1.77. The minimum Gasteiger partial charge on any atom is -0.298 e. The van der Waals surface area contributed by atoms with E-state index in [0.717, 1.165) is 12.0 Å². The number of aldehydes is 1. The zero-order valence-electron chi connectivity index (χ0n) is 9.01. The molecule has 2 heterocycles. The molecule has 0 amide bonds. The lowest BCUT2D eigenvalue weighted by Gasteiger charge is -1.97. The van der Waals surface area contributed by atoms with Crippen molar-refractivity contribution in [2.75, 3.05) is 0 Å². The van der Waals surface area contributed by atoms with E-state index in [2.05, 4.69) is 10.2 Å². The van der Waals surface area contributed by atoms with E-state index < -0.39 is 0 Å². The maximum absolute atomic E-state index is 11.0. The Morgan fingerprint density at radius 1 is 1.56 bits per heavy atom. The molecule has 0 aliphatic heterocycles. The zero-order chi connectivity index (χ0) is 11.7. The van der Waals surface area contributed by atoms with E-state index in [1.54, 1.807) is 28.7 Å². The van der Waals surface area contributed by atoms with E-state index in [4.69, 9.17) is 11.6 Å². The fraction of sp³-hybridized carbons (Fsp3) is 0.300. The van der Waals surface area contributed by atoms with Crippen molar-refractivity contribution in [3.63, 3.8) is 0 Å². The molecule has 0 fully saturated rings. The average Bonchev–Trinajstić information content (AvgIpc) is 2.82. The molecule has 2 aromatic rings. The number of nitrogens with zero attached hydrogens (tertiary/aromatic N) is 4. The molecule has 0 unspecified atom stereocenters. The summed E-state index contributed by atoms with van der Waals surface area (Å²) in [5, 5.41) is 8.71. The topological polar surface area (TPSA) is 52.7 Å². The fourth-order valence-corrected chi connectivity index (χ4v) is 1.86. The van der Waals surface area contributed by atoms with Gasteiger partial charge in [-0.25, -0.2) is 0 Å². The summed E-state index contributed by atoms with van der Waals surface area (Å²) in [5.41, 5.74) is 1.75. The average molecular weight is 239 g/mol. The SMILES string of the molecule is CCn1nc(-c2ccnn2C)c(C=O)c1Cl. The molecule has 0 aromatic carbocycles. The largest absolute Gasteiger partial charge is 0.298 e. The summed E-state index contributed by atoms with van der Waals surface area (Å²) in [6.07, 6.45) is 2.38. The number of rotatable bonds is 3. The van der Waals surface area contributed by atoms with Gasteiger partial charge in [-0.15, -0.1) is 0 Å². The fourth-order valence-electron chi connectivity index (χ4n) is 1.56. The molecule has 16 heavy (non-hydrogen) atoms. The molecule has 2 rings (SSSR count). The van der Waals surface area contributed by atoms with Gasteiger partial charge in [-0.3, -0.25) is 14.2 Å². The maximum atomic E-state index is 11.0. The minimum absolute atomic E-state index is 0.369. The second kappa shape index (κ2) is 4.09. The summed E-state index contributed by atoms with van der Waals surface area (Å²) in [4.78, 5) is 11.0. The van der Waals surface area contributed by atoms with Crippen LogP contribution in [0.25, 0.3) is 11.4 Å². The van der Waals surface area contributed by atoms with Gasteiger partial charge in [-0.1, -0.05) is 11.6 Å². The van der Waals surface area contributed by atoms with Gasteiger partial charge in [0.2, 0.25) is 0 Å². The first-order valence-electron chi connectivity index (χ1n) is 4.88. The van der Waals surface area contributed by atoms with Crippen molar-refractivity contribution in [2.45, 2.75) is 13.5 Å². The van der Waals surface area contributed by atoms with Crippen molar-refractivity contribution in [1.29, 1.82) is 0 Å². The van der Waals surface area contributed by atoms with Gasteiger partial charge in [0.15, 0.2) is 6.29 Å². The maximum Gasteiger partial charge on any atom is 0.155 e. The Kier molecular flexibility index (Phi) is 2.78. The zero-order valence-corrected chi connectivity index (χ0v) is 9.77. The lowest BCUT2D eigenvalue weighted by molar-refractivity contribution is 0.112. The first-order chi connectivity index (χ1) is 7.69. The number of carbonyl (C=O) groups excluding carboxylic acids is 1. The van der Waals surface area contributed by atoms with Crippen LogP contribution in [0.3, 0.4) is 0 Å². The number of hydrogen-bond donors (Lipinski definition) is 0. The molecule has 0 atom stereocenters. The molecule has 84 valence electrons. The minimum atomic E-state index is 0.369. The summed E-state index contributed by atoms with van der Waals surface area (Å²) in [7, 11) is 1.79. The molecular weight excluding hydrogens is 228 g/mol. The van der Waals surface area contributed by atoms with Crippen molar-refractivity contribution >= 4 is 17.9 Å². The Labute approximate surface area is 97.6 Å². The van der Waals surface area contributed by atoms with Crippen LogP contribution in [0.2, 0.25) is 5.15 Å². The first-order valence-corrected chi connectivity index (χ1v) is 5.26. The van der Waals surface area contributed by atoms with E-state index in [0.29, 0.717) is 23.0 Å². The molecule has 0 aliphatic carbocycles. The number of aromatic nitrogens is 4. The number of halogens is 1. The second-order valence-corrected chi connectivity index (χ2v) is 3.68. The monoisotopic (exact) mass is 238 g/mol. The Bertz CT molecular complexity index is 529. The highest BCUT2D eigenvalue weighted by Crippen LogP contribution is 2.26. The molecule has 5 nitrogen and oxygen atoms in total. The second-order valence-electron chi connectivity index (χ2n) is 3.33. The number of carbonyl (C=O) groups is 1. The molecule has 0 saturated carbocycles.